The first-order chi connectivity index (χ1) is 10.6. The highest BCUT2D eigenvalue weighted by atomic mass is 16.2. The van der Waals surface area contributed by atoms with Gasteiger partial charge in [-0.05, 0) is 31.0 Å². The Labute approximate surface area is 130 Å². The van der Waals surface area contributed by atoms with Crippen molar-refractivity contribution in [1.29, 1.82) is 0 Å². The molecule has 0 atom stereocenters. The minimum absolute atomic E-state index is 0.0120. The number of hydrogen-bond donors (Lipinski definition) is 1. The van der Waals surface area contributed by atoms with E-state index in [0.29, 0.717) is 13.1 Å². The lowest BCUT2D eigenvalue weighted by Gasteiger charge is -2.25. The zero-order valence-electron chi connectivity index (χ0n) is 13.0. The first-order valence-corrected chi connectivity index (χ1v) is 7.65. The standard InChI is InChI=1S/C16H21N5O/c1-3-13-5-4-6-14(9-13)18-16(22)11-20-7-8-21-15(10-20)17-12(2)19-21/h4-6,9H,3,7-8,10-11H2,1-2H3,(H,18,22). The quantitative estimate of drug-likeness (QED) is 0.931. The molecule has 0 saturated carbocycles. The number of nitrogens with one attached hydrogen (secondary N) is 1. The van der Waals surface area contributed by atoms with Gasteiger partial charge in [0.05, 0.1) is 19.6 Å². The summed E-state index contributed by atoms with van der Waals surface area (Å²) in [5.41, 5.74) is 2.08. The second kappa shape index (κ2) is 6.27. The molecule has 116 valence electrons. The summed E-state index contributed by atoms with van der Waals surface area (Å²) in [5.74, 6) is 1.74. The SMILES string of the molecule is CCc1cccc(NC(=O)CN2CCn3nc(C)nc3C2)c1. The van der Waals surface area contributed by atoms with Crippen molar-refractivity contribution >= 4 is 11.6 Å². The molecule has 1 aromatic carbocycles. The summed E-state index contributed by atoms with van der Waals surface area (Å²) < 4.78 is 1.93. The molecule has 2 heterocycles. The number of amides is 1. The molecular weight excluding hydrogens is 278 g/mol. The van der Waals surface area contributed by atoms with Crippen LogP contribution in [0, 0.1) is 6.92 Å². The van der Waals surface area contributed by atoms with Gasteiger partial charge in [-0.25, -0.2) is 9.67 Å². The van der Waals surface area contributed by atoms with Crippen LogP contribution in [0.25, 0.3) is 0 Å². The number of carbonyl (C=O) groups is 1. The van der Waals surface area contributed by atoms with Crippen molar-refractivity contribution in [3.05, 3.63) is 41.5 Å². The van der Waals surface area contributed by atoms with Crippen LogP contribution < -0.4 is 5.32 Å². The number of nitrogens with zero attached hydrogens (tertiary/aromatic N) is 4. The molecule has 0 spiro atoms. The molecule has 1 aliphatic heterocycles. The molecule has 1 N–H and O–H groups in total. The number of rotatable bonds is 4. The molecular formula is C16H21N5O. The third kappa shape index (κ3) is 3.33. The van der Waals surface area contributed by atoms with Crippen molar-refractivity contribution in [3.8, 4) is 0 Å². The molecule has 1 amide bonds. The van der Waals surface area contributed by atoms with Crippen molar-refractivity contribution in [3.63, 3.8) is 0 Å². The van der Waals surface area contributed by atoms with Crippen LogP contribution in [0.3, 0.4) is 0 Å². The molecule has 1 aliphatic rings. The van der Waals surface area contributed by atoms with Crippen molar-refractivity contribution in [2.75, 3.05) is 18.4 Å². The molecule has 2 aromatic rings. The van der Waals surface area contributed by atoms with E-state index < -0.39 is 0 Å². The summed E-state index contributed by atoms with van der Waals surface area (Å²) in [7, 11) is 0. The van der Waals surface area contributed by atoms with Gasteiger partial charge in [0.2, 0.25) is 5.91 Å². The van der Waals surface area contributed by atoms with Gasteiger partial charge in [0.1, 0.15) is 11.6 Å². The van der Waals surface area contributed by atoms with Gasteiger partial charge in [-0.15, -0.1) is 0 Å². The maximum Gasteiger partial charge on any atom is 0.238 e. The van der Waals surface area contributed by atoms with Gasteiger partial charge in [0, 0.05) is 12.2 Å². The lowest BCUT2D eigenvalue weighted by molar-refractivity contribution is -0.117. The Hall–Kier alpha value is -2.21. The van der Waals surface area contributed by atoms with Gasteiger partial charge < -0.3 is 5.32 Å². The number of aromatic nitrogens is 3. The Balaban J connectivity index is 1.58. The topological polar surface area (TPSA) is 63.1 Å². The highest BCUT2D eigenvalue weighted by molar-refractivity contribution is 5.92. The van der Waals surface area contributed by atoms with Crippen molar-refractivity contribution in [1.82, 2.24) is 19.7 Å². The molecule has 0 aliphatic carbocycles. The van der Waals surface area contributed by atoms with E-state index >= 15 is 0 Å². The lowest BCUT2D eigenvalue weighted by atomic mass is 10.1. The van der Waals surface area contributed by atoms with E-state index in [1.165, 1.54) is 5.56 Å². The Bertz CT molecular complexity index is 679. The normalized spacial score (nSPS) is 14.6. The van der Waals surface area contributed by atoms with Crippen LogP contribution in [0.4, 0.5) is 5.69 Å². The zero-order chi connectivity index (χ0) is 15.5. The second-order valence-corrected chi connectivity index (χ2v) is 5.61. The summed E-state index contributed by atoms with van der Waals surface area (Å²) in [4.78, 5) is 18.7. The predicted molar refractivity (Wildman–Crippen MR) is 84.5 cm³/mol. The minimum atomic E-state index is 0.0120. The largest absolute Gasteiger partial charge is 0.325 e. The maximum absolute atomic E-state index is 12.2. The Morgan fingerprint density at radius 2 is 2.23 bits per heavy atom. The molecule has 6 nitrogen and oxygen atoms in total. The minimum Gasteiger partial charge on any atom is -0.325 e. The van der Waals surface area contributed by atoms with Crippen LogP contribution in [0.15, 0.2) is 24.3 Å². The Morgan fingerprint density at radius 1 is 1.36 bits per heavy atom. The summed E-state index contributed by atoms with van der Waals surface area (Å²) in [6.07, 6.45) is 0.963. The fourth-order valence-electron chi connectivity index (χ4n) is 2.72. The van der Waals surface area contributed by atoms with E-state index in [9.17, 15) is 4.79 Å². The Morgan fingerprint density at radius 3 is 3.05 bits per heavy atom. The van der Waals surface area contributed by atoms with Gasteiger partial charge in [-0.1, -0.05) is 19.1 Å². The fraction of sp³-hybridized carbons (Fsp3) is 0.438. The van der Waals surface area contributed by atoms with Crippen molar-refractivity contribution in [2.45, 2.75) is 33.4 Å². The van der Waals surface area contributed by atoms with Gasteiger partial charge in [0.15, 0.2) is 0 Å². The Kier molecular flexibility index (Phi) is 4.20. The number of aryl methyl sites for hydroxylation is 2. The number of benzene rings is 1. The van der Waals surface area contributed by atoms with E-state index in [1.54, 1.807) is 0 Å². The first-order valence-electron chi connectivity index (χ1n) is 7.65. The summed E-state index contributed by atoms with van der Waals surface area (Å²) in [5, 5.41) is 7.30. The maximum atomic E-state index is 12.2. The van der Waals surface area contributed by atoms with Crippen LogP contribution in [0.2, 0.25) is 0 Å². The third-order valence-corrected chi connectivity index (χ3v) is 3.83. The monoisotopic (exact) mass is 299 g/mol. The number of fused-ring (bicyclic) bond motifs is 1. The van der Waals surface area contributed by atoms with E-state index in [-0.39, 0.29) is 5.91 Å². The van der Waals surface area contributed by atoms with Crippen LogP contribution in [-0.2, 0) is 24.3 Å². The summed E-state index contributed by atoms with van der Waals surface area (Å²) in [6, 6.07) is 7.98. The van der Waals surface area contributed by atoms with E-state index in [4.69, 9.17) is 0 Å². The fourth-order valence-corrected chi connectivity index (χ4v) is 2.72. The number of hydrogen-bond acceptors (Lipinski definition) is 4. The summed E-state index contributed by atoms with van der Waals surface area (Å²) in [6.45, 7) is 6.65. The molecule has 22 heavy (non-hydrogen) atoms. The van der Waals surface area contributed by atoms with Gasteiger partial charge in [-0.2, -0.15) is 5.10 Å². The van der Waals surface area contributed by atoms with Crippen molar-refractivity contribution in [2.24, 2.45) is 0 Å². The third-order valence-electron chi connectivity index (χ3n) is 3.83. The molecule has 0 radical (unpaired) electrons. The molecule has 3 rings (SSSR count). The predicted octanol–water partition coefficient (Wildman–Crippen LogP) is 1.60. The lowest BCUT2D eigenvalue weighted by Crippen LogP contribution is -2.39. The average Bonchev–Trinajstić information content (AvgIpc) is 2.86. The zero-order valence-corrected chi connectivity index (χ0v) is 13.0. The highest BCUT2D eigenvalue weighted by Gasteiger charge is 2.20. The van der Waals surface area contributed by atoms with Crippen molar-refractivity contribution < 1.29 is 4.79 Å². The van der Waals surface area contributed by atoms with E-state index in [0.717, 1.165) is 36.8 Å². The first kappa shape index (κ1) is 14.7. The van der Waals surface area contributed by atoms with Crippen LogP contribution >= 0.6 is 0 Å². The average molecular weight is 299 g/mol. The smallest absolute Gasteiger partial charge is 0.238 e. The highest BCUT2D eigenvalue weighted by Crippen LogP contribution is 2.13. The molecule has 1 aromatic heterocycles. The number of anilines is 1. The van der Waals surface area contributed by atoms with E-state index in [1.807, 2.05) is 29.8 Å². The van der Waals surface area contributed by atoms with Gasteiger partial charge >= 0.3 is 0 Å². The van der Waals surface area contributed by atoms with Crippen LogP contribution in [0.5, 0.6) is 0 Å². The number of carbonyl (C=O) groups excluding carboxylic acids is 1. The molecule has 0 bridgehead atoms. The second-order valence-electron chi connectivity index (χ2n) is 5.61. The molecule has 0 unspecified atom stereocenters. The van der Waals surface area contributed by atoms with Crippen LogP contribution in [-0.4, -0.2) is 38.7 Å². The molecule has 0 fully saturated rings. The van der Waals surface area contributed by atoms with Gasteiger partial charge in [-0.3, -0.25) is 9.69 Å². The van der Waals surface area contributed by atoms with Crippen LogP contribution in [0.1, 0.15) is 24.1 Å². The van der Waals surface area contributed by atoms with E-state index in [2.05, 4.69) is 33.3 Å². The molecule has 6 heteroatoms. The molecule has 0 saturated heterocycles. The van der Waals surface area contributed by atoms with Gasteiger partial charge in [0.25, 0.3) is 0 Å². The summed E-state index contributed by atoms with van der Waals surface area (Å²) >= 11 is 0.